The molecule has 25 heavy (non-hydrogen) atoms. The molecule has 1 fully saturated rings. The lowest BCUT2D eigenvalue weighted by atomic mass is 9.82. The van der Waals surface area contributed by atoms with Crippen LogP contribution in [0.5, 0.6) is 0 Å². The first kappa shape index (κ1) is 21.7. The third-order valence-corrected chi connectivity index (χ3v) is 4.52. The average Bonchev–Trinajstić information content (AvgIpc) is 2.48. The van der Waals surface area contributed by atoms with E-state index in [0.717, 1.165) is 6.26 Å². The van der Waals surface area contributed by atoms with E-state index in [9.17, 15) is 18.0 Å². The summed E-state index contributed by atoms with van der Waals surface area (Å²) in [6.07, 6.45) is 2.32. The topological polar surface area (TPSA) is 99.2 Å². The minimum absolute atomic E-state index is 0.00861. The highest BCUT2D eigenvalue weighted by molar-refractivity contribution is 7.85. The number of carbonyl (C=O) groups excluding carboxylic acids is 2. The van der Waals surface area contributed by atoms with Crippen molar-refractivity contribution >= 4 is 22.2 Å². The van der Waals surface area contributed by atoms with Gasteiger partial charge in [0.1, 0.15) is 5.60 Å². The first-order valence-corrected chi connectivity index (χ1v) is 10.1. The highest BCUT2D eigenvalue weighted by atomic mass is 32.2. The number of ether oxygens (including phenoxy) is 2. The molecule has 0 aromatic rings. The van der Waals surface area contributed by atoms with Gasteiger partial charge in [0.15, 0.2) is 0 Å². The second-order valence-corrected chi connectivity index (χ2v) is 8.92. The van der Waals surface area contributed by atoms with Crippen LogP contribution in [0.25, 0.3) is 0 Å². The Morgan fingerprint density at radius 1 is 1.24 bits per heavy atom. The van der Waals surface area contributed by atoms with E-state index in [1.807, 2.05) is 0 Å². The second kappa shape index (κ2) is 8.84. The predicted octanol–water partition coefficient (Wildman–Crippen LogP) is 1.79. The number of methoxy groups -OCH3 is 1. The van der Waals surface area contributed by atoms with Crippen molar-refractivity contribution in [2.24, 2.45) is 11.8 Å². The summed E-state index contributed by atoms with van der Waals surface area (Å²) >= 11 is 0. The molecule has 1 saturated heterocycles. The standard InChI is InChI=1S/C16H29NO7S/c1-16(2,3)24-15(19)17-9-8-12(13(11-17)14(18)22-4)7-6-10-23-25(5,20)21/h12-13H,6-11H2,1-5H3. The van der Waals surface area contributed by atoms with Crippen molar-refractivity contribution in [1.82, 2.24) is 4.90 Å². The average molecular weight is 379 g/mol. The summed E-state index contributed by atoms with van der Waals surface area (Å²) in [5, 5.41) is 0. The molecule has 0 spiro atoms. The number of piperidine rings is 1. The summed E-state index contributed by atoms with van der Waals surface area (Å²) in [5.74, 6) is -0.818. The molecule has 0 aliphatic carbocycles. The number of esters is 1. The van der Waals surface area contributed by atoms with Crippen molar-refractivity contribution in [3.8, 4) is 0 Å². The van der Waals surface area contributed by atoms with E-state index in [0.29, 0.717) is 25.8 Å². The van der Waals surface area contributed by atoms with E-state index in [1.54, 1.807) is 20.8 Å². The summed E-state index contributed by atoms with van der Waals surface area (Å²) in [4.78, 5) is 25.8. The number of nitrogens with zero attached hydrogens (tertiary/aromatic N) is 1. The Bertz CT molecular complexity index is 568. The van der Waals surface area contributed by atoms with Crippen molar-refractivity contribution in [2.45, 2.75) is 45.6 Å². The molecule has 0 aromatic heterocycles. The fourth-order valence-corrected chi connectivity index (χ4v) is 3.23. The Hall–Kier alpha value is -1.35. The smallest absolute Gasteiger partial charge is 0.410 e. The fraction of sp³-hybridized carbons (Fsp3) is 0.875. The monoisotopic (exact) mass is 379 g/mol. The lowest BCUT2D eigenvalue weighted by Gasteiger charge is -2.37. The Morgan fingerprint density at radius 2 is 1.88 bits per heavy atom. The zero-order valence-corrected chi connectivity index (χ0v) is 16.4. The van der Waals surface area contributed by atoms with Crippen molar-refractivity contribution in [3.63, 3.8) is 0 Å². The molecule has 0 radical (unpaired) electrons. The van der Waals surface area contributed by atoms with Crippen molar-refractivity contribution in [2.75, 3.05) is 33.1 Å². The fourth-order valence-electron chi connectivity index (χ4n) is 2.81. The van der Waals surface area contributed by atoms with Crippen LogP contribution in [-0.2, 0) is 28.6 Å². The van der Waals surface area contributed by atoms with Gasteiger partial charge in [-0.2, -0.15) is 8.42 Å². The summed E-state index contributed by atoms with van der Waals surface area (Å²) in [6, 6.07) is 0. The molecule has 2 atom stereocenters. The number of likely N-dealkylation sites (tertiary alicyclic amines) is 1. The third-order valence-electron chi connectivity index (χ3n) is 3.93. The number of hydrogen-bond donors (Lipinski definition) is 0. The van der Waals surface area contributed by atoms with Gasteiger partial charge in [-0.25, -0.2) is 4.79 Å². The molecule has 0 N–H and O–H groups in total. The molecule has 0 saturated carbocycles. The van der Waals surface area contributed by atoms with E-state index < -0.39 is 27.7 Å². The summed E-state index contributed by atoms with van der Waals surface area (Å²) in [5.41, 5.74) is -0.600. The van der Waals surface area contributed by atoms with Crippen LogP contribution in [0.15, 0.2) is 0 Å². The Balaban J connectivity index is 2.64. The van der Waals surface area contributed by atoms with Crippen LogP contribution in [0.3, 0.4) is 0 Å². The number of rotatable bonds is 6. The first-order chi connectivity index (χ1) is 11.4. The summed E-state index contributed by atoms with van der Waals surface area (Å²) in [6.45, 7) is 6.17. The summed E-state index contributed by atoms with van der Waals surface area (Å²) in [7, 11) is -2.14. The first-order valence-electron chi connectivity index (χ1n) is 8.33. The maximum absolute atomic E-state index is 12.2. The van der Waals surface area contributed by atoms with E-state index in [-0.39, 0.29) is 25.0 Å². The van der Waals surface area contributed by atoms with E-state index >= 15 is 0 Å². The molecular weight excluding hydrogens is 350 g/mol. The molecule has 1 aliphatic rings. The largest absolute Gasteiger partial charge is 0.469 e. The third kappa shape index (κ3) is 8.04. The summed E-state index contributed by atoms with van der Waals surface area (Å²) < 4.78 is 36.9. The van der Waals surface area contributed by atoms with Crippen molar-refractivity contribution < 1.29 is 31.7 Å². The van der Waals surface area contributed by atoms with Gasteiger partial charge in [0.2, 0.25) is 0 Å². The highest BCUT2D eigenvalue weighted by Gasteiger charge is 2.37. The minimum Gasteiger partial charge on any atom is -0.469 e. The maximum Gasteiger partial charge on any atom is 0.410 e. The van der Waals surface area contributed by atoms with Crippen LogP contribution < -0.4 is 0 Å². The lowest BCUT2D eigenvalue weighted by Crippen LogP contribution is -2.48. The van der Waals surface area contributed by atoms with Gasteiger partial charge in [-0.1, -0.05) is 0 Å². The van der Waals surface area contributed by atoms with Gasteiger partial charge in [0, 0.05) is 13.1 Å². The number of hydrogen-bond acceptors (Lipinski definition) is 7. The normalized spacial score (nSPS) is 21.7. The number of carbonyl (C=O) groups is 2. The van der Waals surface area contributed by atoms with E-state index in [1.165, 1.54) is 12.0 Å². The van der Waals surface area contributed by atoms with Gasteiger partial charge >= 0.3 is 12.1 Å². The van der Waals surface area contributed by atoms with Crippen LogP contribution in [0, 0.1) is 11.8 Å². The van der Waals surface area contributed by atoms with Gasteiger partial charge in [-0.3, -0.25) is 8.98 Å². The minimum atomic E-state index is -3.46. The molecule has 1 aliphatic heterocycles. The van der Waals surface area contributed by atoms with Gasteiger partial charge in [0.05, 0.1) is 25.9 Å². The van der Waals surface area contributed by atoms with Crippen LogP contribution in [0.4, 0.5) is 4.79 Å². The van der Waals surface area contributed by atoms with Crippen LogP contribution in [0.2, 0.25) is 0 Å². The van der Waals surface area contributed by atoms with Gasteiger partial charge < -0.3 is 14.4 Å². The molecule has 146 valence electrons. The maximum atomic E-state index is 12.2. The highest BCUT2D eigenvalue weighted by Crippen LogP contribution is 2.29. The zero-order valence-electron chi connectivity index (χ0n) is 15.6. The molecule has 9 heteroatoms. The van der Waals surface area contributed by atoms with E-state index in [2.05, 4.69) is 0 Å². The zero-order chi connectivity index (χ0) is 19.3. The van der Waals surface area contributed by atoms with Gasteiger partial charge in [0.25, 0.3) is 10.1 Å². The molecule has 2 unspecified atom stereocenters. The van der Waals surface area contributed by atoms with Crippen LogP contribution in [0.1, 0.15) is 40.0 Å². The van der Waals surface area contributed by atoms with Crippen LogP contribution >= 0.6 is 0 Å². The SMILES string of the molecule is COC(=O)C1CN(C(=O)OC(C)(C)C)CCC1CCCOS(C)(=O)=O. The Labute approximate surface area is 149 Å². The van der Waals surface area contributed by atoms with Crippen LogP contribution in [-0.4, -0.2) is 64.0 Å². The Kier molecular flexibility index (Phi) is 7.67. The molecule has 8 nitrogen and oxygen atoms in total. The van der Waals surface area contributed by atoms with Gasteiger partial charge in [-0.05, 0) is 46.0 Å². The van der Waals surface area contributed by atoms with Crippen molar-refractivity contribution in [3.05, 3.63) is 0 Å². The quantitative estimate of drug-likeness (QED) is 0.394. The molecule has 1 heterocycles. The second-order valence-electron chi connectivity index (χ2n) is 7.27. The molecule has 0 aromatic carbocycles. The van der Waals surface area contributed by atoms with E-state index in [4.69, 9.17) is 13.7 Å². The van der Waals surface area contributed by atoms with Crippen molar-refractivity contribution in [1.29, 1.82) is 0 Å². The lowest BCUT2D eigenvalue weighted by molar-refractivity contribution is -0.149. The number of amides is 1. The van der Waals surface area contributed by atoms with Gasteiger partial charge in [-0.15, -0.1) is 0 Å². The molecular formula is C16H29NO7S. The molecule has 1 amide bonds. The molecule has 0 bridgehead atoms. The predicted molar refractivity (Wildman–Crippen MR) is 91.4 cm³/mol. The Morgan fingerprint density at radius 3 is 2.40 bits per heavy atom. The molecule has 1 rings (SSSR count).